The second-order valence-electron chi connectivity index (χ2n) is 6.91. The van der Waals surface area contributed by atoms with Crippen molar-refractivity contribution >= 4 is 17.1 Å². The summed E-state index contributed by atoms with van der Waals surface area (Å²) in [5.41, 5.74) is 7.28. The third kappa shape index (κ3) is 2.80. The van der Waals surface area contributed by atoms with E-state index in [0.29, 0.717) is 24.3 Å². The summed E-state index contributed by atoms with van der Waals surface area (Å²) in [6, 6.07) is 0.211. The Bertz CT molecular complexity index is 945. The van der Waals surface area contributed by atoms with Crippen LogP contribution >= 0.6 is 0 Å². The Hall–Kier alpha value is -2.35. The molecule has 3 rings (SSSR count). The highest BCUT2D eigenvalue weighted by Gasteiger charge is 2.29. The van der Waals surface area contributed by atoms with E-state index in [4.69, 9.17) is 5.73 Å². The van der Waals surface area contributed by atoms with Gasteiger partial charge in [-0.2, -0.15) is 4.98 Å². The van der Waals surface area contributed by atoms with Gasteiger partial charge in [0, 0.05) is 39.8 Å². The summed E-state index contributed by atoms with van der Waals surface area (Å²) in [7, 11) is 3.15. The van der Waals surface area contributed by atoms with E-state index in [9.17, 15) is 9.59 Å². The lowest BCUT2D eigenvalue weighted by atomic mass is 10.2. The maximum absolute atomic E-state index is 12.8. The lowest BCUT2D eigenvalue weighted by Gasteiger charge is -2.25. The predicted octanol–water partition coefficient (Wildman–Crippen LogP) is 0.327. The Morgan fingerprint density at radius 1 is 1.28 bits per heavy atom. The second-order valence-corrected chi connectivity index (χ2v) is 6.91. The fraction of sp³-hybridized carbons (Fsp3) is 0.588. The van der Waals surface area contributed by atoms with Crippen molar-refractivity contribution < 1.29 is 0 Å². The maximum Gasteiger partial charge on any atom is 0.332 e. The molecule has 1 atom stereocenters. The Kier molecular flexibility index (Phi) is 4.55. The van der Waals surface area contributed by atoms with Gasteiger partial charge >= 0.3 is 5.69 Å². The van der Waals surface area contributed by atoms with Crippen molar-refractivity contribution in [3.63, 3.8) is 0 Å². The summed E-state index contributed by atoms with van der Waals surface area (Å²) in [4.78, 5) is 31.9. The molecule has 0 saturated carbocycles. The number of anilines is 1. The Labute approximate surface area is 146 Å². The van der Waals surface area contributed by atoms with Gasteiger partial charge in [0.25, 0.3) is 5.56 Å². The number of rotatable bonds is 4. The quantitative estimate of drug-likeness (QED) is 0.806. The van der Waals surface area contributed by atoms with Gasteiger partial charge in [-0.3, -0.25) is 13.9 Å². The lowest BCUT2D eigenvalue weighted by molar-refractivity contribution is 0.649. The number of fused-ring (bicyclic) bond motifs is 1. The molecule has 2 N–H and O–H groups in total. The van der Waals surface area contributed by atoms with E-state index in [1.807, 2.05) is 18.4 Å². The van der Waals surface area contributed by atoms with Crippen LogP contribution in [0.1, 0.15) is 26.7 Å². The van der Waals surface area contributed by atoms with E-state index in [0.717, 1.165) is 35.5 Å². The van der Waals surface area contributed by atoms with Crippen molar-refractivity contribution in [3.05, 3.63) is 32.5 Å². The molecule has 2 aromatic rings. The third-order valence-corrected chi connectivity index (χ3v) is 4.92. The van der Waals surface area contributed by atoms with E-state index in [2.05, 4.69) is 16.0 Å². The molecule has 25 heavy (non-hydrogen) atoms. The van der Waals surface area contributed by atoms with E-state index in [1.54, 1.807) is 7.05 Å². The van der Waals surface area contributed by atoms with Gasteiger partial charge in [0.15, 0.2) is 11.2 Å². The summed E-state index contributed by atoms with van der Waals surface area (Å²) in [6.45, 7) is 5.98. The molecular weight excluding hydrogens is 320 g/mol. The molecule has 1 aliphatic heterocycles. The van der Waals surface area contributed by atoms with Crippen LogP contribution in [0.4, 0.5) is 5.95 Å². The number of allylic oxidation sites excluding steroid dienone is 2. The highest BCUT2D eigenvalue weighted by atomic mass is 16.2. The first-order valence-electron chi connectivity index (χ1n) is 8.63. The van der Waals surface area contributed by atoms with Crippen LogP contribution in [-0.2, 0) is 20.6 Å². The van der Waals surface area contributed by atoms with Gasteiger partial charge in [-0.25, -0.2) is 4.79 Å². The molecule has 136 valence electrons. The SMILES string of the molecule is CC(C)=CCn1c(N2CCC[C@@H]2CN)nc2c1c(=O)n(C)c(=O)n2C. The molecule has 0 aliphatic carbocycles. The molecule has 2 aromatic heterocycles. The van der Waals surface area contributed by atoms with Gasteiger partial charge < -0.3 is 15.2 Å². The highest BCUT2D eigenvalue weighted by molar-refractivity contribution is 5.75. The van der Waals surface area contributed by atoms with Gasteiger partial charge in [-0.05, 0) is 26.7 Å². The van der Waals surface area contributed by atoms with Crippen LogP contribution in [0.2, 0.25) is 0 Å². The standard InChI is InChI=1S/C17H26N6O2/c1-11(2)7-9-23-13-14(20(3)17(25)21(4)15(13)24)19-16(23)22-8-5-6-12(22)10-18/h7,12H,5-6,8-10,18H2,1-4H3/t12-/m1/s1. The first-order chi connectivity index (χ1) is 11.9. The van der Waals surface area contributed by atoms with Crippen molar-refractivity contribution in [2.45, 2.75) is 39.3 Å². The van der Waals surface area contributed by atoms with Gasteiger partial charge in [-0.1, -0.05) is 11.6 Å². The molecule has 0 bridgehead atoms. The van der Waals surface area contributed by atoms with Crippen LogP contribution in [0, 0.1) is 0 Å². The largest absolute Gasteiger partial charge is 0.338 e. The Morgan fingerprint density at radius 3 is 2.64 bits per heavy atom. The Morgan fingerprint density at radius 2 is 2.00 bits per heavy atom. The van der Waals surface area contributed by atoms with Crippen molar-refractivity contribution in [2.75, 3.05) is 18.0 Å². The zero-order valence-corrected chi connectivity index (χ0v) is 15.3. The molecular formula is C17H26N6O2. The van der Waals surface area contributed by atoms with E-state index >= 15 is 0 Å². The van der Waals surface area contributed by atoms with Crippen LogP contribution in [0.15, 0.2) is 21.2 Å². The molecule has 3 heterocycles. The van der Waals surface area contributed by atoms with Gasteiger partial charge in [0.05, 0.1) is 0 Å². The topological polar surface area (TPSA) is 91.1 Å². The van der Waals surface area contributed by atoms with Crippen molar-refractivity contribution in [3.8, 4) is 0 Å². The summed E-state index contributed by atoms with van der Waals surface area (Å²) in [5, 5.41) is 0. The van der Waals surface area contributed by atoms with Crippen LogP contribution < -0.4 is 21.9 Å². The summed E-state index contributed by atoms with van der Waals surface area (Å²) < 4.78 is 4.49. The number of nitrogens with zero attached hydrogens (tertiary/aromatic N) is 5. The highest BCUT2D eigenvalue weighted by Crippen LogP contribution is 2.27. The first-order valence-corrected chi connectivity index (χ1v) is 8.63. The molecule has 8 nitrogen and oxygen atoms in total. The van der Waals surface area contributed by atoms with E-state index < -0.39 is 0 Å². The second kappa shape index (κ2) is 6.51. The smallest absolute Gasteiger partial charge is 0.332 e. The molecule has 1 aliphatic rings. The van der Waals surface area contributed by atoms with Gasteiger partial charge in [-0.15, -0.1) is 0 Å². The average molecular weight is 346 g/mol. The van der Waals surface area contributed by atoms with E-state index in [-0.39, 0.29) is 17.3 Å². The Balaban J connectivity index is 2.32. The summed E-state index contributed by atoms with van der Waals surface area (Å²) in [5.74, 6) is 0.721. The minimum Gasteiger partial charge on any atom is -0.338 e. The fourth-order valence-electron chi connectivity index (χ4n) is 3.45. The van der Waals surface area contributed by atoms with E-state index in [1.165, 1.54) is 11.6 Å². The number of aryl methyl sites for hydroxylation is 1. The summed E-state index contributed by atoms with van der Waals surface area (Å²) in [6.07, 6.45) is 4.12. The third-order valence-electron chi connectivity index (χ3n) is 4.92. The molecule has 0 radical (unpaired) electrons. The monoisotopic (exact) mass is 346 g/mol. The van der Waals surface area contributed by atoms with Crippen LogP contribution in [0.3, 0.4) is 0 Å². The normalized spacial score (nSPS) is 17.5. The van der Waals surface area contributed by atoms with Crippen LogP contribution in [0.25, 0.3) is 11.2 Å². The van der Waals surface area contributed by atoms with Gasteiger partial charge in [0.1, 0.15) is 0 Å². The number of hydrogen-bond acceptors (Lipinski definition) is 5. The van der Waals surface area contributed by atoms with Crippen LogP contribution in [0.5, 0.6) is 0 Å². The van der Waals surface area contributed by atoms with Crippen molar-refractivity contribution in [2.24, 2.45) is 19.8 Å². The number of nitrogens with two attached hydrogens (primary N) is 1. The summed E-state index contributed by atoms with van der Waals surface area (Å²) >= 11 is 0. The molecule has 0 unspecified atom stereocenters. The molecule has 0 amide bonds. The zero-order chi connectivity index (χ0) is 18.3. The minimum absolute atomic E-state index is 0.211. The molecule has 8 heteroatoms. The first kappa shape index (κ1) is 17.5. The zero-order valence-electron chi connectivity index (χ0n) is 15.3. The van der Waals surface area contributed by atoms with Crippen molar-refractivity contribution in [1.82, 2.24) is 18.7 Å². The number of aromatic nitrogens is 4. The number of hydrogen-bond donors (Lipinski definition) is 1. The molecule has 0 aromatic carbocycles. The lowest BCUT2D eigenvalue weighted by Crippen LogP contribution is -2.38. The predicted molar refractivity (Wildman–Crippen MR) is 99.1 cm³/mol. The van der Waals surface area contributed by atoms with Gasteiger partial charge in [0.2, 0.25) is 5.95 Å². The maximum atomic E-state index is 12.8. The molecule has 1 saturated heterocycles. The molecule has 1 fully saturated rings. The fourth-order valence-corrected chi connectivity index (χ4v) is 3.45. The van der Waals surface area contributed by atoms with Crippen molar-refractivity contribution in [1.29, 1.82) is 0 Å². The van der Waals surface area contributed by atoms with Crippen LogP contribution in [-0.4, -0.2) is 37.8 Å². The minimum atomic E-state index is -0.368. The average Bonchev–Trinajstić information content (AvgIpc) is 3.19. The molecule has 0 spiro atoms. The number of imidazole rings is 1.